The smallest absolute Gasteiger partial charge is 0.308 e. The van der Waals surface area contributed by atoms with Gasteiger partial charge in [-0.2, -0.15) is 0 Å². The molecule has 0 bridgehead atoms. The summed E-state index contributed by atoms with van der Waals surface area (Å²) in [6.45, 7) is 1.78. The Balaban J connectivity index is 1.55. The first-order chi connectivity index (χ1) is 13.1. The molecule has 0 spiro atoms. The summed E-state index contributed by atoms with van der Waals surface area (Å²) < 4.78 is 0. The first-order valence-electron chi connectivity index (χ1n) is 9.46. The molecule has 0 aromatic heterocycles. The van der Waals surface area contributed by atoms with Crippen LogP contribution in [-0.4, -0.2) is 41.0 Å². The third-order valence-electron chi connectivity index (χ3n) is 5.09. The highest BCUT2D eigenvalue weighted by Crippen LogP contribution is 2.20. The first-order valence-corrected chi connectivity index (χ1v) is 9.46. The zero-order valence-electron chi connectivity index (χ0n) is 15.4. The summed E-state index contributed by atoms with van der Waals surface area (Å²) in [7, 11) is 0. The zero-order chi connectivity index (χ0) is 19.1. The van der Waals surface area contributed by atoms with E-state index < -0.39 is 11.9 Å². The largest absolute Gasteiger partial charge is 0.481 e. The van der Waals surface area contributed by atoms with Crippen LogP contribution in [0.3, 0.4) is 0 Å². The fourth-order valence-corrected chi connectivity index (χ4v) is 3.62. The van der Waals surface area contributed by atoms with Gasteiger partial charge < -0.3 is 10.4 Å². The van der Waals surface area contributed by atoms with Crippen molar-refractivity contribution < 1.29 is 14.7 Å². The molecule has 1 fully saturated rings. The summed E-state index contributed by atoms with van der Waals surface area (Å²) in [6.07, 6.45) is 2.21. The van der Waals surface area contributed by atoms with Crippen LogP contribution < -0.4 is 5.32 Å². The van der Waals surface area contributed by atoms with Crippen molar-refractivity contribution >= 4 is 11.9 Å². The molecule has 5 nitrogen and oxygen atoms in total. The molecule has 2 aromatic carbocycles. The Morgan fingerprint density at radius 1 is 1.04 bits per heavy atom. The first kappa shape index (κ1) is 19.1. The number of rotatable bonds is 8. The van der Waals surface area contributed by atoms with Crippen molar-refractivity contribution in [3.8, 4) is 0 Å². The van der Waals surface area contributed by atoms with Crippen molar-refractivity contribution in [2.45, 2.75) is 31.8 Å². The van der Waals surface area contributed by atoms with Gasteiger partial charge in [-0.05, 0) is 36.9 Å². The van der Waals surface area contributed by atoms with Crippen LogP contribution in [0.15, 0.2) is 60.7 Å². The van der Waals surface area contributed by atoms with E-state index in [9.17, 15) is 14.7 Å². The van der Waals surface area contributed by atoms with Crippen LogP contribution in [0.4, 0.5) is 0 Å². The number of hydrogen-bond donors (Lipinski definition) is 2. The zero-order valence-corrected chi connectivity index (χ0v) is 15.4. The normalized spacial score (nSPS) is 18.1. The van der Waals surface area contributed by atoms with Gasteiger partial charge in [0, 0.05) is 13.1 Å². The Morgan fingerprint density at radius 2 is 1.67 bits per heavy atom. The third kappa shape index (κ3) is 5.41. The minimum Gasteiger partial charge on any atom is -0.481 e. The highest BCUT2D eigenvalue weighted by molar-refractivity contribution is 5.82. The molecule has 2 atom stereocenters. The molecule has 142 valence electrons. The van der Waals surface area contributed by atoms with Gasteiger partial charge in [-0.3, -0.25) is 14.5 Å². The van der Waals surface area contributed by atoms with E-state index >= 15 is 0 Å². The second kappa shape index (κ2) is 9.33. The Hall–Kier alpha value is -2.66. The minimum atomic E-state index is -0.883. The quantitative estimate of drug-likeness (QED) is 0.754. The summed E-state index contributed by atoms with van der Waals surface area (Å²) in [5, 5.41) is 12.4. The number of nitrogens with one attached hydrogen (secondary N) is 1. The number of carbonyl (C=O) groups is 2. The van der Waals surface area contributed by atoms with E-state index in [4.69, 9.17) is 0 Å². The fourth-order valence-electron chi connectivity index (χ4n) is 3.62. The van der Waals surface area contributed by atoms with E-state index in [0.29, 0.717) is 6.42 Å². The van der Waals surface area contributed by atoms with Crippen LogP contribution in [0.2, 0.25) is 0 Å². The molecule has 1 amide bonds. The number of carboxylic acid groups (broad SMARTS) is 1. The lowest BCUT2D eigenvalue weighted by Crippen LogP contribution is -2.45. The van der Waals surface area contributed by atoms with Gasteiger partial charge in [0.25, 0.3) is 0 Å². The molecule has 3 rings (SSSR count). The molecular formula is C22H26N2O3. The number of amides is 1. The van der Waals surface area contributed by atoms with Crippen LogP contribution in [-0.2, 0) is 22.6 Å². The average molecular weight is 366 g/mol. The van der Waals surface area contributed by atoms with E-state index in [-0.39, 0.29) is 18.5 Å². The van der Waals surface area contributed by atoms with Gasteiger partial charge in [0.2, 0.25) is 5.91 Å². The summed E-state index contributed by atoms with van der Waals surface area (Å²) >= 11 is 0. The highest BCUT2D eigenvalue weighted by atomic mass is 16.4. The molecule has 0 radical (unpaired) electrons. The topological polar surface area (TPSA) is 69.6 Å². The van der Waals surface area contributed by atoms with Gasteiger partial charge in [0.1, 0.15) is 0 Å². The van der Waals surface area contributed by atoms with Gasteiger partial charge in [-0.25, -0.2) is 0 Å². The fraction of sp³-hybridized carbons (Fsp3) is 0.364. The molecule has 1 heterocycles. The lowest BCUT2D eigenvalue weighted by atomic mass is 9.99. The average Bonchev–Trinajstić information content (AvgIpc) is 3.14. The number of benzene rings is 2. The molecule has 1 saturated heterocycles. The van der Waals surface area contributed by atoms with Crippen molar-refractivity contribution in [1.29, 1.82) is 0 Å². The van der Waals surface area contributed by atoms with Gasteiger partial charge in [0.05, 0.1) is 12.0 Å². The maximum atomic E-state index is 12.7. The van der Waals surface area contributed by atoms with Gasteiger partial charge in [-0.1, -0.05) is 60.7 Å². The minimum absolute atomic E-state index is 0.0669. The van der Waals surface area contributed by atoms with Gasteiger partial charge in [0.15, 0.2) is 0 Å². The van der Waals surface area contributed by atoms with Crippen LogP contribution in [0.5, 0.6) is 0 Å². The third-order valence-corrected chi connectivity index (χ3v) is 5.09. The molecular weight excluding hydrogens is 340 g/mol. The van der Waals surface area contributed by atoms with Crippen molar-refractivity contribution in [2.75, 3.05) is 13.1 Å². The van der Waals surface area contributed by atoms with Crippen molar-refractivity contribution in [3.05, 3.63) is 71.8 Å². The standard InChI is InChI=1S/C22H26N2O3/c25-21(20-12-7-13-24(20)16-18-10-5-2-6-11-18)23-15-19(22(26)27)14-17-8-3-1-4-9-17/h1-6,8-11,19-20H,7,12-16H2,(H,23,25)(H,26,27)/t19-,20+/m0/s1. The van der Waals surface area contributed by atoms with Crippen molar-refractivity contribution in [3.63, 3.8) is 0 Å². The second-order valence-electron chi connectivity index (χ2n) is 7.08. The number of carbonyl (C=O) groups excluding carboxylic acids is 1. The Morgan fingerprint density at radius 3 is 2.30 bits per heavy atom. The lowest BCUT2D eigenvalue weighted by molar-refractivity contribution is -0.141. The number of carboxylic acids is 1. The summed E-state index contributed by atoms with van der Waals surface area (Å²) in [5.74, 6) is -1.57. The molecule has 27 heavy (non-hydrogen) atoms. The predicted octanol–water partition coefficient (Wildman–Crippen LogP) is 2.71. The van der Waals surface area contributed by atoms with E-state index in [2.05, 4.69) is 22.3 Å². The summed E-state index contributed by atoms with van der Waals surface area (Å²) in [4.78, 5) is 26.4. The number of likely N-dealkylation sites (tertiary alicyclic amines) is 1. The van der Waals surface area contributed by atoms with Crippen LogP contribution >= 0.6 is 0 Å². The molecule has 0 aliphatic carbocycles. The van der Waals surface area contributed by atoms with Crippen LogP contribution in [0, 0.1) is 5.92 Å². The van der Waals surface area contributed by atoms with Crippen molar-refractivity contribution in [1.82, 2.24) is 10.2 Å². The number of nitrogens with zero attached hydrogens (tertiary/aromatic N) is 1. The van der Waals surface area contributed by atoms with E-state index in [1.165, 1.54) is 5.56 Å². The molecule has 5 heteroatoms. The van der Waals surface area contributed by atoms with E-state index in [0.717, 1.165) is 31.5 Å². The van der Waals surface area contributed by atoms with E-state index in [1.807, 2.05) is 48.5 Å². The molecule has 2 aromatic rings. The molecule has 1 aliphatic heterocycles. The molecule has 0 unspecified atom stereocenters. The lowest BCUT2D eigenvalue weighted by Gasteiger charge is -2.24. The van der Waals surface area contributed by atoms with Gasteiger partial charge >= 0.3 is 5.97 Å². The monoisotopic (exact) mass is 366 g/mol. The van der Waals surface area contributed by atoms with Crippen molar-refractivity contribution in [2.24, 2.45) is 5.92 Å². The summed E-state index contributed by atoms with van der Waals surface area (Å²) in [5.41, 5.74) is 2.15. The number of hydrogen-bond acceptors (Lipinski definition) is 3. The molecule has 1 aliphatic rings. The Kier molecular flexibility index (Phi) is 6.60. The Labute approximate surface area is 160 Å². The van der Waals surface area contributed by atoms with Gasteiger partial charge in [-0.15, -0.1) is 0 Å². The predicted molar refractivity (Wildman–Crippen MR) is 104 cm³/mol. The molecule has 2 N–H and O–H groups in total. The maximum absolute atomic E-state index is 12.7. The van der Waals surface area contributed by atoms with E-state index in [1.54, 1.807) is 0 Å². The summed E-state index contributed by atoms with van der Waals surface area (Å²) in [6, 6.07) is 19.5. The SMILES string of the molecule is O=C(O)[C@H](CNC(=O)[C@H]1CCCN1Cc1ccccc1)Cc1ccccc1. The molecule has 0 saturated carbocycles. The number of aliphatic carboxylic acids is 1. The van der Waals surface area contributed by atoms with Crippen LogP contribution in [0.1, 0.15) is 24.0 Å². The second-order valence-corrected chi connectivity index (χ2v) is 7.08. The Bertz CT molecular complexity index is 749. The highest BCUT2D eigenvalue weighted by Gasteiger charge is 2.31. The maximum Gasteiger partial charge on any atom is 0.308 e. The van der Waals surface area contributed by atoms with Crippen LogP contribution in [0.25, 0.3) is 0 Å².